The molecule has 0 spiro atoms. The van der Waals surface area contributed by atoms with E-state index >= 15 is 0 Å². The van der Waals surface area contributed by atoms with E-state index in [2.05, 4.69) is 92.9 Å². The van der Waals surface area contributed by atoms with Crippen LogP contribution < -0.4 is 5.32 Å². The second-order valence-electron chi connectivity index (χ2n) is 9.46. The van der Waals surface area contributed by atoms with Gasteiger partial charge in [0.1, 0.15) is 5.76 Å². The van der Waals surface area contributed by atoms with Crippen molar-refractivity contribution in [1.82, 2.24) is 9.55 Å². The van der Waals surface area contributed by atoms with Gasteiger partial charge in [0, 0.05) is 23.5 Å². The van der Waals surface area contributed by atoms with Crippen LogP contribution in [0.3, 0.4) is 0 Å². The van der Waals surface area contributed by atoms with E-state index in [1.807, 2.05) is 27.0 Å². The van der Waals surface area contributed by atoms with Crippen molar-refractivity contribution in [1.29, 1.82) is 0 Å². The van der Waals surface area contributed by atoms with Crippen molar-refractivity contribution in [2.24, 2.45) is 4.99 Å². The van der Waals surface area contributed by atoms with Crippen LogP contribution in [0.4, 0.5) is 5.69 Å². The Balaban J connectivity index is 2.81. The number of fused-ring (bicyclic) bond motifs is 1. The van der Waals surface area contributed by atoms with Crippen molar-refractivity contribution >= 4 is 28.5 Å². The number of allylic oxidation sites excluding steroid dienone is 7. The largest absolute Gasteiger partial charge is 0.498 e. The number of nitrogens with zero attached hydrogens (tertiary/aromatic N) is 3. The third-order valence-electron chi connectivity index (χ3n) is 6.35. The fourth-order valence-corrected chi connectivity index (χ4v) is 4.65. The lowest BCUT2D eigenvalue weighted by molar-refractivity contribution is 0.233. The predicted molar refractivity (Wildman–Crippen MR) is 163 cm³/mol. The minimum Gasteiger partial charge on any atom is -0.498 e. The molecule has 0 amide bonds. The molecule has 0 bridgehead atoms. The third-order valence-corrected chi connectivity index (χ3v) is 6.35. The first-order valence-electron chi connectivity index (χ1n) is 14.0. The highest BCUT2D eigenvalue weighted by molar-refractivity contribution is 5.95. The van der Waals surface area contributed by atoms with Gasteiger partial charge in [-0.05, 0) is 78.5 Å². The fourth-order valence-electron chi connectivity index (χ4n) is 4.65. The summed E-state index contributed by atoms with van der Waals surface area (Å²) < 4.78 is 8.42. The van der Waals surface area contributed by atoms with Gasteiger partial charge in [-0.25, -0.2) is 4.98 Å². The lowest BCUT2D eigenvalue weighted by Gasteiger charge is -2.18. The average molecular weight is 505 g/mol. The Bertz CT molecular complexity index is 1180. The highest BCUT2D eigenvalue weighted by Crippen LogP contribution is 2.36. The summed E-state index contributed by atoms with van der Waals surface area (Å²) in [5, 5.41) is 3.74. The smallest absolute Gasteiger partial charge is 0.102 e. The first-order chi connectivity index (χ1) is 17.8. The molecule has 202 valence electrons. The quantitative estimate of drug-likeness (QED) is 0.159. The number of unbranched alkanes of at least 4 members (excludes halogenated alkanes) is 1. The predicted octanol–water partition coefficient (Wildman–Crippen LogP) is 8.96. The van der Waals surface area contributed by atoms with E-state index in [1.165, 1.54) is 11.3 Å². The van der Waals surface area contributed by atoms with Gasteiger partial charge in [-0.2, -0.15) is 0 Å². The second-order valence-corrected chi connectivity index (χ2v) is 9.46. The molecule has 5 heteroatoms. The molecule has 37 heavy (non-hydrogen) atoms. The topological polar surface area (TPSA) is 51.4 Å². The molecule has 0 aliphatic carbocycles. The molecule has 2 aromatic rings. The molecule has 0 aromatic carbocycles. The molecule has 0 aliphatic rings. The molecular formula is C32H48N4O. The van der Waals surface area contributed by atoms with E-state index < -0.39 is 0 Å². The van der Waals surface area contributed by atoms with Gasteiger partial charge in [-0.15, -0.1) is 0 Å². The molecule has 1 N–H and O–H groups in total. The number of ether oxygens (including phenoxy) is 1. The molecular weight excluding hydrogens is 456 g/mol. The Morgan fingerprint density at radius 2 is 1.95 bits per heavy atom. The summed E-state index contributed by atoms with van der Waals surface area (Å²) in [6, 6.07) is 2.50. The Kier molecular flexibility index (Phi) is 12.4. The van der Waals surface area contributed by atoms with Gasteiger partial charge in [-0.3, -0.25) is 4.99 Å². The highest BCUT2D eigenvalue weighted by Gasteiger charge is 2.21. The molecule has 0 unspecified atom stereocenters. The summed E-state index contributed by atoms with van der Waals surface area (Å²) >= 11 is 0. The fraction of sp³-hybridized carbons (Fsp3) is 0.500. The molecule has 5 nitrogen and oxygen atoms in total. The Hall–Kier alpha value is -3.08. The number of hydrogen-bond acceptors (Lipinski definition) is 4. The number of pyridine rings is 1. The number of hydrogen-bond donors (Lipinski definition) is 1. The van der Waals surface area contributed by atoms with Gasteiger partial charge in [0.05, 0.1) is 41.3 Å². The second kappa shape index (κ2) is 15.2. The van der Waals surface area contributed by atoms with Crippen molar-refractivity contribution < 1.29 is 4.74 Å². The van der Waals surface area contributed by atoms with E-state index in [1.54, 1.807) is 0 Å². The molecule has 0 radical (unpaired) electrons. The van der Waals surface area contributed by atoms with E-state index in [0.717, 1.165) is 65.1 Å². The van der Waals surface area contributed by atoms with Gasteiger partial charge in [0.15, 0.2) is 0 Å². The molecule has 2 rings (SSSR count). The number of aliphatic imine (C=N–C) groups is 1. The lowest BCUT2D eigenvalue weighted by atomic mass is 10.1. The third kappa shape index (κ3) is 7.70. The number of aryl methyl sites for hydroxylation is 1. The molecule has 0 atom stereocenters. The molecule has 2 aromatic heterocycles. The van der Waals surface area contributed by atoms with Gasteiger partial charge >= 0.3 is 0 Å². The van der Waals surface area contributed by atoms with Crippen LogP contribution in [0.5, 0.6) is 0 Å². The zero-order valence-electron chi connectivity index (χ0n) is 24.6. The van der Waals surface area contributed by atoms with Crippen molar-refractivity contribution in [3.63, 3.8) is 0 Å². The first-order valence-corrected chi connectivity index (χ1v) is 14.0. The minimum absolute atomic E-state index is 0.322. The zero-order chi connectivity index (χ0) is 27.4. The highest BCUT2D eigenvalue weighted by atomic mass is 16.5. The van der Waals surface area contributed by atoms with Crippen molar-refractivity contribution in [3.8, 4) is 0 Å². The Morgan fingerprint density at radius 1 is 1.19 bits per heavy atom. The van der Waals surface area contributed by atoms with Crippen LogP contribution in [0.2, 0.25) is 0 Å². The number of aromatic nitrogens is 2. The van der Waals surface area contributed by atoms with E-state index in [0.29, 0.717) is 19.2 Å². The summed E-state index contributed by atoms with van der Waals surface area (Å²) in [4.78, 5) is 9.87. The Morgan fingerprint density at radius 3 is 2.54 bits per heavy atom. The van der Waals surface area contributed by atoms with Crippen LogP contribution in [-0.4, -0.2) is 28.9 Å². The Labute approximate surface area is 225 Å². The number of anilines is 1. The standard InChI is InChI=1S/C32H48N4O/c1-10-15-17-18-20-27(25(9)37-14-5)28-21-29(34-22-26(33-13-4)19-16-11-2)32-31(35-28)24(8)30(12-3)36(32)23(6)7/h13,15,17-21,23H,10-12,14,16,22H2,1-9H3,(H,34,35)/b17-15+,20-18-,26-19-,27-25-,33-13?. The van der Waals surface area contributed by atoms with Crippen LogP contribution in [-0.2, 0) is 11.2 Å². The summed E-state index contributed by atoms with van der Waals surface area (Å²) in [5.74, 6) is 0.872. The maximum absolute atomic E-state index is 5.97. The maximum atomic E-state index is 5.97. The van der Waals surface area contributed by atoms with Gasteiger partial charge in [-0.1, -0.05) is 51.5 Å². The molecule has 0 saturated carbocycles. The SMILES string of the molecule is CC=N/C(=C\CCC)CNc1cc(C(/C=C\C=C\CC)=C(/C)OCC)nc2c(C)c(CC)n(C(C)C)c12. The van der Waals surface area contributed by atoms with Crippen molar-refractivity contribution in [2.45, 2.75) is 94.0 Å². The lowest BCUT2D eigenvalue weighted by Crippen LogP contribution is -2.10. The van der Waals surface area contributed by atoms with Crippen LogP contribution in [0.15, 0.2) is 52.9 Å². The van der Waals surface area contributed by atoms with Crippen LogP contribution >= 0.6 is 0 Å². The van der Waals surface area contributed by atoms with Gasteiger partial charge in [0.25, 0.3) is 0 Å². The van der Waals surface area contributed by atoms with E-state index in [9.17, 15) is 0 Å². The molecule has 0 saturated heterocycles. The van der Waals surface area contributed by atoms with Gasteiger partial charge in [0.2, 0.25) is 0 Å². The minimum atomic E-state index is 0.322. The van der Waals surface area contributed by atoms with Crippen LogP contribution in [0.25, 0.3) is 16.6 Å². The van der Waals surface area contributed by atoms with E-state index in [-0.39, 0.29) is 0 Å². The summed E-state index contributed by atoms with van der Waals surface area (Å²) in [6.07, 6.45) is 16.6. The monoisotopic (exact) mass is 504 g/mol. The maximum Gasteiger partial charge on any atom is 0.102 e. The first kappa shape index (κ1) is 30.1. The van der Waals surface area contributed by atoms with Crippen LogP contribution in [0, 0.1) is 6.92 Å². The summed E-state index contributed by atoms with van der Waals surface area (Å²) in [7, 11) is 0. The zero-order valence-corrected chi connectivity index (χ0v) is 24.6. The number of nitrogens with one attached hydrogen (secondary N) is 1. The average Bonchev–Trinajstić information content (AvgIpc) is 3.17. The molecule has 0 aliphatic heterocycles. The summed E-state index contributed by atoms with van der Waals surface area (Å²) in [6.45, 7) is 20.5. The molecule has 2 heterocycles. The molecule has 0 fully saturated rings. The van der Waals surface area contributed by atoms with Crippen molar-refractivity contribution in [2.75, 3.05) is 18.5 Å². The summed E-state index contributed by atoms with van der Waals surface area (Å²) in [5.41, 5.74) is 8.81. The van der Waals surface area contributed by atoms with E-state index in [4.69, 9.17) is 9.72 Å². The van der Waals surface area contributed by atoms with Gasteiger partial charge < -0.3 is 14.6 Å². The van der Waals surface area contributed by atoms with Crippen LogP contribution in [0.1, 0.15) is 97.6 Å². The number of rotatable bonds is 14. The van der Waals surface area contributed by atoms with Crippen molar-refractivity contribution in [3.05, 3.63) is 64.9 Å². The normalized spacial score (nSPS) is 13.6.